The topological polar surface area (TPSA) is 118 Å². The van der Waals surface area contributed by atoms with Gasteiger partial charge in [0.15, 0.2) is 5.82 Å². The van der Waals surface area contributed by atoms with E-state index in [1.165, 1.54) is 25.3 Å². The molecule has 42 heavy (non-hydrogen) atoms. The zero-order chi connectivity index (χ0) is 29.3. The Labute approximate surface area is 244 Å². The molecule has 0 spiro atoms. The molecule has 0 bridgehead atoms. The van der Waals surface area contributed by atoms with Crippen molar-refractivity contribution in [2.45, 2.75) is 62.9 Å². The highest BCUT2D eigenvalue weighted by Gasteiger charge is 2.45. The number of hydrogen-bond acceptors (Lipinski definition) is 4. The summed E-state index contributed by atoms with van der Waals surface area (Å²) in [5, 5.41) is 14.8. The average Bonchev–Trinajstić information content (AvgIpc) is 3.57. The number of rotatable bonds is 8. The molecule has 0 unspecified atom stereocenters. The van der Waals surface area contributed by atoms with E-state index in [0.717, 1.165) is 47.9 Å². The average molecular weight is 566 g/mol. The highest BCUT2D eigenvalue weighted by molar-refractivity contribution is 6.05. The molecule has 6 rings (SSSR count). The highest BCUT2D eigenvalue weighted by atomic mass is 16.4. The highest BCUT2D eigenvalue weighted by Crippen LogP contribution is 2.37. The number of hydrogen-bond donors (Lipinski definition) is 3. The Kier molecular flexibility index (Phi) is 7.41. The standard InChI is InChI=1S/C33H35N5O4/c1-37-20-5-9-28(37)30-35-26-21-23(13-16-27(26)38(30)25-7-3-2-4-8-25)31(41)36-33(18-6-19-33)32(42)34-24-14-10-22(11-15-24)12-17-29(39)40/h5,9-17,20-21,25H,2-4,6-8,18-19H2,1H3,(H,34,42)(H,36,41)(H,39,40)/b17-12+. The van der Waals surface area contributed by atoms with Crippen LogP contribution in [0, 0.1) is 0 Å². The lowest BCUT2D eigenvalue weighted by Crippen LogP contribution is -2.61. The number of fused-ring (bicyclic) bond motifs is 1. The van der Waals surface area contributed by atoms with Crippen molar-refractivity contribution in [2.24, 2.45) is 7.05 Å². The van der Waals surface area contributed by atoms with Crippen LogP contribution in [-0.2, 0) is 16.6 Å². The van der Waals surface area contributed by atoms with Gasteiger partial charge in [-0.1, -0.05) is 31.4 Å². The van der Waals surface area contributed by atoms with Crippen molar-refractivity contribution in [3.05, 3.63) is 78.0 Å². The van der Waals surface area contributed by atoms with Gasteiger partial charge in [-0.15, -0.1) is 0 Å². The van der Waals surface area contributed by atoms with Crippen LogP contribution in [0.2, 0.25) is 0 Å². The minimum absolute atomic E-state index is 0.260. The molecule has 2 amide bonds. The first-order valence-electron chi connectivity index (χ1n) is 14.6. The van der Waals surface area contributed by atoms with Gasteiger partial charge in [-0.25, -0.2) is 9.78 Å². The van der Waals surface area contributed by atoms with Gasteiger partial charge >= 0.3 is 5.97 Å². The first kappa shape index (κ1) is 27.5. The van der Waals surface area contributed by atoms with E-state index in [0.29, 0.717) is 35.7 Å². The second-order valence-electron chi connectivity index (χ2n) is 11.4. The maximum Gasteiger partial charge on any atom is 0.328 e. The third-order valence-corrected chi connectivity index (χ3v) is 8.65. The van der Waals surface area contributed by atoms with Gasteiger partial charge in [-0.05, 0) is 86.2 Å². The predicted octanol–water partition coefficient (Wildman–Crippen LogP) is 5.94. The third-order valence-electron chi connectivity index (χ3n) is 8.65. The van der Waals surface area contributed by atoms with E-state index in [2.05, 4.69) is 25.8 Å². The summed E-state index contributed by atoms with van der Waals surface area (Å²) >= 11 is 0. The largest absolute Gasteiger partial charge is 0.478 e. The quantitative estimate of drug-likeness (QED) is 0.229. The molecular formula is C33H35N5O4. The Balaban J connectivity index is 1.23. The number of carbonyl (C=O) groups excluding carboxylic acids is 2. The predicted molar refractivity (Wildman–Crippen MR) is 162 cm³/mol. The number of nitrogens with one attached hydrogen (secondary N) is 2. The fourth-order valence-corrected chi connectivity index (χ4v) is 6.15. The molecule has 2 aromatic heterocycles. The molecule has 2 aromatic carbocycles. The molecule has 2 aliphatic carbocycles. The summed E-state index contributed by atoms with van der Waals surface area (Å²) in [4.78, 5) is 42.6. The maximum atomic E-state index is 13.5. The molecule has 3 N–H and O–H groups in total. The molecule has 0 atom stereocenters. The van der Waals surface area contributed by atoms with Crippen LogP contribution in [0.1, 0.15) is 73.3 Å². The molecule has 0 radical (unpaired) electrons. The van der Waals surface area contributed by atoms with Crippen LogP contribution in [0.3, 0.4) is 0 Å². The van der Waals surface area contributed by atoms with E-state index >= 15 is 0 Å². The minimum atomic E-state index is -1.02. The van der Waals surface area contributed by atoms with Gasteiger partial charge in [0.2, 0.25) is 5.91 Å². The first-order chi connectivity index (χ1) is 20.3. The third kappa shape index (κ3) is 5.34. The van der Waals surface area contributed by atoms with Crippen molar-refractivity contribution in [3.8, 4) is 11.5 Å². The number of aryl methyl sites for hydroxylation is 1. The van der Waals surface area contributed by atoms with Gasteiger partial charge < -0.3 is 24.9 Å². The number of imidazole rings is 1. The molecule has 9 heteroatoms. The number of carboxylic acid groups (broad SMARTS) is 1. The Morgan fingerprint density at radius 3 is 2.40 bits per heavy atom. The van der Waals surface area contributed by atoms with Crippen molar-refractivity contribution in [1.82, 2.24) is 19.4 Å². The Bertz CT molecular complexity index is 1670. The molecule has 216 valence electrons. The second-order valence-corrected chi connectivity index (χ2v) is 11.4. The molecule has 4 aromatic rings. The van der Waals surface area contributed by atoms with Crippen LogP contribution in [0.5, 0.6) is 0 Å². The number of nitrogens with zero attached hydrogens (tertiary/aromatic N) is 3. The molecule has 2 aliphatic rings. The van der Waals surface area contributed by atoms with Gasteiger partial charge in [0, 0.05) is 36.6 Å². The molecule has 9 nitrogen and oxygen atoms in total. The van der Waals surface area contributed by atoms with Crippen LogP contribution >= 0.6 is 0 Å². The number of aromatic nitrogens is 3. The zero-order valence-electron chi connectivity index (χ0n) is 23.7. The summed E-state index contributed by atoms with van der Waals surface area (Å²) in [5.41, 5.74) is 3.61. The lowest BCUT2D eigenvalue weighted by atomic mass is 9.75. The van der Waals surface area contributed by atoms with E-state index in [4.69, 9.17) is 10.1 Å². The number of benzene rings is 2. The summed E-state index contributed by atoms with van der Waals surface area (Å²) in [6.45, 7) is 0. The molecule has 2 saturated carbocycles. The number of aliphatic carboxylic acids is 1. The van der Waals surface area contributed by atoms with Crippen LogP contribution in [0.15, 0.2) is 66.9 Å². The summed E-state index contributed by atoms with van der Waals surface area (Å²) in [7, 11) is 2.02. The number of amides is 2. The van der Waals surface area contributed by atoms with E-state index < -0.39 is 11.5 Å². The van der Waals surface area contributed by atoms with E-state index in [-0.39, 0.29) is 11.8 Å². The summed E-state index contributed by atoms with van der Waals surface area (Å²) in [6.07, 6.45) is 12.4. The van der Waals surface area contributed by atoms with Crippen LogP contribution in [0.4, 0.5) is 5.69 Å². The van der Waals surface area contributed by atoms with Gasteiger partial charge in [-0.3, -0.25) is 9.59 Å². The van der Waals surface area contributed by atoms with E-state index in [1.807, 2.05) is 37.5 Å². The maximum absolute atomic E-state index is 13.5. The van der Waals surface area contributed by atoms with Gasteiger partial charge in [0.05, 0.1) is 16.7 Å². The summed E-state index contributed by atoms with van der Waals surface area (Å²) < 4.78 is 4.43. The normalized spacial score (nSPS) is 16.8. The fraction of sp³-hybridized carbons (Fsp3) is 0.333. The van der Waals surface area contributed by atoms with Crippen LogP contribution in [-0.4, -0.2) is 42.5 Å². The van der Waals surface area contributed by atoms with Gasteiger partial charge in [0.25, 0.3) is 5.91 Å². The molecular weight excluding hydrogens is 530 g/mol. The smallest absolute Gasteiger partial charge is 0.328 e. The van der Waals surface area contributed by atoms with Crippen molar-refractivity contribution >= 4 is 40.6 Å². The lowest BCUT2D eigenvalue weighted by Gasteiger charge is -2.40. The van der Waals surface area contributed by atoms with Crippen molar-refractivity contribution in [2.75, 3.05) is 5.32 Å². The zero-order valence-corrected chi connectivity index (χ0v) is 23.7. The number of carboxylic acids is 1. The first-order valence-corrected chi connectivity index (χ1v) is 14.6. The molecule has 0 aliphatic heterocycles. The SMILES string of the molecule is Cn1cccc1-c1nc2cc(C(=O)NC3(C(=O)Nc4ccc(/C=C/C(=O)O)cc4)CCC3)ccc2n1C1CCCCC1. The van der Waals surface area contributed by atoms with Crippen LogP contribution < -0.4 is 10.6 Å². The number of carbonyl (C=O) groups is 3. The monoisotopic (exact) mass is 565 g/mol. The van der Waals surface area contributed by atoms with E-state index in [9.17, 15) is 14.4 Å². The second kappa shape index (κ2) is 11.3. The minimum Gasteiger partial charge on any atom is -0.478 e. The molecule has 2 fully saturated rings. The Morgan fingerprint density at radius 1 is 1.00 bits per heavy atom. The van der Waals surface area contributed by atoms with E-state index in [1.54, 1.807) is 24.3 Å². The van der Waals surface area contributed by atoms with Crippen LogP contribution in [0.25, 0.3) is 28.6 Å². The van der Waals surface area contributed by atoms with Gasteiger partial charge in [-0.2, -0.15) is 0 Å². The Morgan fingerprint density at radius 2 is 1.76 bits per heavy atom. The summed E-state index contributed by atoms with van der Waals surface area (Å²) in [5.74, 6) is -0.664. The van der Waals surface area contributed by atoms with Crippen molar-refractivity contribution in [3.63, 3.8) is 0 Å². The Hall–Kier alpha value is -4.66. The fourth-order valence-electron chi connectivity index (χ4n) is 6.15. The lowest BCUT2D eigenvalue weighted by molar-refractivity contribution is -0.131. The van der Waals surface area contributed by atoms with Gasteiger partial charge in [0.1, 0.15) is 5.54 Å². The molecule has 2 heterocycles. The summed E-state index contributed by atoms with van der Waals surface area (Å²) in [6, 6.07) is 17.0. The molecule has 0 saturated heterocycles. The van der Waals surface area contributed by atoms with Crippen molar-refractivity contribution in [1.29, 1.82) is 0 Å². The number of anilines is 1. The van der Waals surface area contributed by atoms with Crippen molar-refractivity contribution < 1.29 is 19.5 Å².